The number of halogens is 1. The van der Waals surface area contributed by atoms with E-state index in [4.69, 9.17) is 4.74 Å². The second-order valence-electron chi connectivity index (χ2n) is 5.75. The Kier molecular flexibility index (Phi) is 5.58. The average Bonchev–Trinajstić information content (AvgIpc) is 2.74. The first-order valence-corrected chi connectivity index (χ1v) is 8.05. The molecule has 0 spiro atoms. The van der Waals surface area contributed by atoms with Gasteiger partial charge in [0.15, 0.2) is 11.6 Å². The number of para-hydroxylation sites is 1. The number of urea groups is 1. The fourth-order valence-corrected chi connectivity index (χ4v) is 3.01. The van der Waals surface area contributed by atoms with E-state index in [0.29, 0.717) is 12.8 Å². The molecule has 2 rings (SSSR count). The molecule has 0 unspecified atom stereocenters. The lowest BCUT2D eigenvalue weighted by Crippen LogP contribution is -2.47. The van der Waals surface area contributed by atoms with Crippen molar-refractivity contribution in [3.8, 4) is 5.75 Å². The number of rotatable bonds is 8. The van der Waals surface area contributed by atoms with Crippen LogP contribution in [0.15, 0.2) is 24.3 Å². The highest BCUT2D eigenvalue weighted by Gasteiger charge is 2.49. The quantitative estimate of drug-likeness (QED) is 0.748. The molecular weight excluding hydrogens is 299 g/mol. The molecule has 1 aromatic carbocycles. The number of carbonyl (C=O) groups is 2. The molecule has 6 heteroatoms. The zero-order chi connectivity index (χ0) is 16.9. The maximum Gasteiger partial charge on any atom is 0.325 e. The molecule has 1 fully saturated rings. The second-order valence-corrected chi connectivity index (χ2v) is 5.75. The SMILES string of the molecule is CCCC1(CCC)NC(=O)N(CCOc2ccccc2F)C1=O. The Morgan fingerprint density at radius 2 is 1.83 bits per heavy atom. The molecule has 0 aliphatic carbocycles. The zero-order valence-electron chi connectivity index (χ0n) is 13.6. The van der Waals surface area contributed by atoms with E-state index in [1.807, 2.05) is 13.8 Å². The molecule has 3 amide bonds. The van der Waals surface area contributed by atoms with Crippen LogP contribution < -0.4 is 10.1 Å². The summed E-state index contributed by atoms with van der Waals surface area (Å²) in [5.74, 6) is -0.549. The van der Waals surface area contributed by atoms with Gasteiger partial charge in [0.05, 0.1) is 6.54 Å². The minimum atomic E-state index is -0.793. The molecule has 1 aromatic rings. The molecule has 126 valence electrons. The number of ether oxygens (including phenoxy) is 1. The molecule has 0 atom stereocenters. The predicted molar refractivity (Wildman–Crippen MR) is 84.7 cm³/mol. The van der Waals surface area contributed by atoms with Crippen LogP contribution in [0.1, 0.15) is 39.5 Å². The van der Waals surface area contributed by atoms with Gasteiger partial charge in [-0.15, -0.1) is 0 Å². The van der Waals surface area contributed by atoms with Crippen LogP contribution in [-0.2, 0) is 4.79 Å². The highest BCUT2D eigenvalue weighted by Crippen LogP contribution is 2.28. The van der Waals surface area contributed by atoms with E-state index in [-0.39, 0.29) is 24.8 Å². The number of nitrogens with one attached hydrogen (secondary N) is 1. The molecule has 1 N–H and O–H groups in total. The fourth-order valence-electron chi connectivity index (χ4n) is 3.01. The van der Waals surface area contributed by atoms with Gasteiger partial charge in [-0.3, -0.25) is 9.69 Å². The number of carbonyl (C=O) groups excluding carboxylic acids is 2. The van der Waals surface area contributed by atoms with Crippen molar-refractivity contribution in [1.29, 1.82) is 0 Å². The summed E-state index contributed by atoms with van der Waals surface area (Å²) >= 11 is 0. The van der Waals surface area contributed by atoms with Crippen LogP contribution in [-0.4, -0.2) is 35.5 Å². The maximum absolute atomic E-state index is 13.5. The average molecular weight is 322 g/mol. The first-order chi connectivity index (χ1) is 11.0. The van der Waals surface area contributed by atoms with E-state index in [1.165, 1.54) is 17.0 Å². The van der Waals surface area contributed by atoms with Gasteiger partial charge in [-0.2, -0.15) is 0 Å². The van der Waals surface area contributed by atoms with E-state index in [0.717, 1.165) is 12.8 Å². The van der Waals surface area contributed by atoms with Gasteiger partial charge < -0.3 is 10.1 Å². The van der Waals surface area contributed by atoms with Crippen molar-refractivity contribution in [3.05, 3.63) is 30.1 Å². The molecule has 0 bridgehead atoms. The molecule has 0 radical (unpaired) electrons. The van der Waals surface area contributed by atoms with Crippen LogP contribution in [0.3, 0.4) is 0 Å². The number of hydrogen-bond donors (Lipinski definition) is 1. The fraction of sp³-hybridized carbons (Fsp3) is 0.529. The molecule has 0 saturated carbocycles. The number of hydrogen-bond acceptors (Lipinski definition) is 3. The zero-order valence-corrected chi connectivity index (χ0v) is 13.6. The van der Waals surface area contributed by atoms with E-state index in [2.05, 4.69) is 5.32 Å². The summed E-state index contributed by atoms with van der Waals surface area (Å²) in [5, 5.41) is 2.84. The summed E-state index contributed by atoms with van der Waals surface area (Å²) in [5.41, 5.74) is -0.793. The number of nitrogens with zero attached hydrogens (tertiary/aromatic N) is 1. The van der Waals surface area contributed by atoms with Crippen molar-refractivity contribution in [3.63, 3.8) is 0 Å². The molecule has 1 heterocycles. The summed E-state index contributed by atoms with van der Waals surface area (Å²) in [6.45, 7) is 4.14. The van der Waals surface area contributed by atoms with Gasteiger partial charge in [-0.05, 0) is 25.0 Å². The normalized spacial score (nSPS) is 16.6. The Morgan fingerprint density at radius 3 is 2.43 bits per heavy atom. The van der Waals surface area contributed by atoms with Crippen molar-refractivity contribution < 1.29 is 18.7 Å². The van der Waals surface area contributed by atoms with Gasteiger partial charge in [-0.25, -0.2) is 9.18 Å². The predicted octanol–water partition coefficient (Wildman–Crippen LogP) is 3.10. The molecule has 0 aromatic heterocycles. The Balaban J connectivity index is 1.99. The van der Waals surface area contributed by atoms with E-state index in [9.17, 15) is 14.0 Å². The monoisotopic (exact) mass is 322 g/mol. The number of imide groups is 1. The van der Waals surface area contributed by atoms with E-state index in [1.54, 1.807) is 12.1 Å². The Labute approximate surface area is 135 Å². The van der Waals surface area contributed by atoms with Crippen LogP contribution in [0.5, 0.6) is 5.75 Å². The summed E-state index contributed by atoms with van der Waals surface area (Å²) in [6, 6.07) is 5.66. The minimum absolute atomic E-state index is 0.0639. The standard InChI is InChI=1S/C17H23FN2O3/c1-3-9-17(10-4-2)15(21)20(16(22)19-17)11-12-23-14-8-6-5-7-13(14)18/h5-8H,3-4,9-12H2,1-2H3,(H,19,22). The van der Waals surface area contributed by atoms with E-state index < -0.39 is 17.4 Å². The van der Waals surface area contributed by atoms with Gasteiger partial charge in [0.2, 0.25) is 0 Å². The smallest absolute Gasteiger partial charge is 0.325 e. The van der Waals surface area contributed by atoms with Gasteiger partial charge in [0, 0.05) is 0 Å². The molecule has 5 nitrogen and oxygen atoms in total. The van der Waals surface area contributed by atoms with Crippen LogP contribution >= 0.6 is 0 Å². The topological polar surface area (TPSA) is 58.6 Å². The van der Waals surface area contributed by atoms with Gasteiger partial charge in [-0.1, -0.05) is 38.8 Å². The molecule has 23 heavy (non-hydrogen) atoms. The summed E-state index contributed by atoms with van der Waals surface area (Å²) in [6.07, 6.45) is 2.86. The lowest BCUT2D eigenvalue weighted by atomic mass is 9.88. The lowest BCUT2D eigenvalue weighted by Gasteiger charge is -2.25. The van der Waals surface area contributed by atoms with Gasteiger partial charge >= 0.3 is 6.03 Å². The summed E-state index contributed by atoms with van der Waals surface area (Å²) in [7, 11) is 0. The van der Waals surface area contributed by atoms with Crippen LogP contribution in [0.25, 0.3) is 0 Å². The number of benzene rings is 1. The van der Waals surface area contributed by atoms with Crippen molar-refractivity contribution in [2.45, 2.75) is 45.1 Å². The number of amides is 3. The highest BCUT2D eigenvalue weighted by molar-refractivity contribution is 6.07. The summed E-state index contributed by atoms with van der Waals surface area (Å²) < 4.78 is 18.8. The first kappa shape index (κ1) is 17.2. The van der Waals surface area contributed by atoms with Gasteiger partial charge in [0.25, 0.3) is 5.91 Å². The molecule has 1 aliphatic rings. The van der Waals surface area contributed by atoms with Crippen molar-refractivity contribution in [2.24, 2.45) is 0 Å². The minimum Gasteiger partial charge on any atom is -0.489 e. The van der Waals surface area contributed by atoms with Crippen LogP contribution in [0.4, 0.5) is 9.18 Å². The van der Waals surface area contributed by atoms with Crippen molar-refractivity contribution in [2.75, 3.05) is 13.2 Å². The maximum atomic E-state index is 13.5. The second kappa shape index (κ2) is 7.44. The summed E-state index contributed by atoms with van der Waals surface area (Å²) in [4.78, 5) is 25.9. The third kappa shape index (κ3) is 3.63. The largest absolute Gasteiger partial charge is 0.489 e. The Morgan fingerprint density at radius 1 is 1.17 bits per heavy atom. The van der Waals surface area contributed by atoms with Gasteiger partial charge in [0.1, 0.15) is 12.1 Å². The Bertz CT molecular complexity index is 571. The third-order valence-electron chi connectivity index (χ3n) is 4.01. The third-order valence-corrected chi connectivity index (χ3v) is 4.01. The van der Waals surface area contributed by atoms with Crippen molar-refractivity contribution in [1.82, 2.24) is 10.2 Å². The highest BCUT2D eigenvalue weighted by atomic mass is 19.1. The molecular formula is C17H23FN2O3. The van der Waals surface area contributed by atoms with E-state index >= 15 is 0 Å². The molecule has 1 aliphatic heterocycles. The lowest BCUT2D eigenvalue weighted by molar-refractivity contribution is -0.132. The Hall–Kier alpha value is -2.11. The first-order valence-electron chi connectivity index (χ1n) is 8.05. The van der Waals surface area contributed by atoms with Crippen LogP contribution in [0.2, 0.25) is 0 Å². The van der Waals surface area contributed by atoms with Crippen molar-refractivity contribution >= 4 is 11.9 Å². The molecule has 1 saturated heterocycles. The van der Waals surface area contributed by atoms with Crippen LogP contribution in [0, 0.1) is 5.82 Å².